The molecule has 0 aliphatic carbocycles. The van der Waals surface area contributed by atoms with Gasteiger partial charge in [0.2, 0.25) is 10.0 Å². The molecule has 6 nitrogen and oxygen atoms in total. The summed E-state index contributed by atoms with van der Waals surface area (Å²) in [7, 11) is -3.43. The normalized spacial score (nSPS) is 24.7. The van der Waals surface area contributed by atoms with Crippen molar-refractivity contribution in [3.05, 3.63) is 24.0 Å². The van der Waals surface area contributed by atoms with Gasteiger partial charge in [-0.25, -0.2) is 8.42 Å². The van der Waals surface area contributed by atoms with E-state index in [0.29, 0.717) is 31.4 Å². The van der Waals surface area contributed by atoms with Crippen LogP contribution >= 0.6 is 0 Å². The van der Waals surface area contributed by atoms with Crippen LogP contribution in [0.2, 0.25) is 0 Å². The smallest absolute Gasteiger partial charge is 0.244 e. The van der Waals surface area contributed by atoms with E-state index in [2.05, 4.69) is 9.88 Å². The molecule has 2 fully saturated rings. The standard InChI is InChI=1S/C14H22N4O2S/c15-9-12-4-5-14(10-16-12)21(19,20)18-8-7-17-6-2-1-3-13(17)11-18/h4-5,10,13H,1-3,6-9,11,15H2. The van der Waals surface area contributed by atoms with E-state index in [4.69, 9.17) is 5.73 Å². The molecule has 2 N–H and O–H groups in total. The number of nitrogens with zero attached hydrogens (tertiary/aromatic N) is 3. The first-order valence-electron chi connectivity index (χ1n) is 7.50. The van der Waals surface area contributed by atoms with Gasteiger partial charge in [0.05, 0.1) is 5.69 Å². The van der Waals surface area contributed by atoms with Crippen molar-refractivity contribution < 1.29 is 8.42 Å². The molecular weight excluding hydrogens is 288 g/mol. The number of sulfonamides is 1. The van der Waals surface area contributed by atoms with Gasteiger partial charge in [0.25, 0.3) is 0 Å². The summed E-state index contributed by atoms with van der Waals surface area (Å²) in [6.07, 6.45) is 4.94. The quantitative estimate of drug-likeness (QED) is 0.874. The average molecular weight is 310 g/mol. The Balaban J connectivity index is 1.78. The van der Waals surface area contributed by atoms with Gasteiger partial charge in [-0.1, -0.05) is 6.42 Å². The number of aromatic nitrogens is 1. The van der Waals surface area contributed by atoms with Crippen molar-refractivity contribution in [1.82, 2.24) is 14.2 Å². The van der Waals surface area contributed by atoms with Crippen molar-refractivity contribution in [1.29, 1.82) is 0 Å². The number of pyridine rings is 1. The Morgan fingerprint density at radius 3 is 2.81 bits per heavy atom. The lowest BCUT2D eigenvalue weighted by molar-refractivity contribution is 0.0851. The van der Waals surface area contributed by atoms with Gasteiger partial charge in [-0.15, -0.1) is 0 Å². The van der Waals surface area contributed by atoms with E-state index in [1.165, 1.54) is 19.0 Å². The van der Waals surface area contributed by atoms with E-state index in [9.17, 15) is 8.42 Å². The van der Waals surface area contributed by atoms with Crippen LogP contribution in [0.25, 0.3) is 0 Å². The van der Waals surface area contributed by atoms with Crippen molar-refractivity contribution in [2.75, 3.05) is 26.2 Å². The summed E-state index contributed by atoms with van der Waals surface area (Å²) in [5.41, 5.74) is 6.20. The van der Waals surface area contributed by atoms with Gasteiger partial charge in [-0.05, 0) is 31.5 Å². The zero-order valence-electron chi connectivity index (χ0n) is 12.1. The summed E-state index contributed by atoms with van der Waals surface area (Å²) in [6.45, 7) is 3.42. The van der Waals surface area contributed by atoms with Crippen molar-refractivity contribution >= 4 is 10.0 Å². The Morgan fingerprint density at radius 1 is 1.24 bits per heavy atom. The second kappa shape index (κ2) is 6.00. The fourth-order valence-corrected chi connectivity index (χ4v) is 4.59. The zero-order chi connectivity index (χ0) is 14.9. The molecule has 7 heteroatoms. The van der Waals surface area contributed by atoms with Crippen LogP contribution < -0.4 is 5.73 Å². The molecule has 0 radical (unpaired) electrons. The van der Waals surface area contributed by atoms with Gasteiger partial charge in [0, 0.05) is 38.4 Å². The predicted molar refractivity (Wildman–Crippen MR) is 80.1 cm³/mol. The van der Waals surface area contributed by atoms with Crippen LogP contribution in [0.4, 0.5) is 0 Å². The number of nitrogens with two attached hydrogens (primary N) is 1. The lowest BCUT2D eigenvalue weighted by Crippen LogP contribution is -2.56. The van der Waals surface area contributed by atoms with E-state index in [1.54, 1.807) is 16.4 Å². The number of piperazine rings is 1. The van der Waals surface area contributed by atoms with Crippen LogP contribution in [0.3, 0.4) is 0 Å². The maximum Gasteiger partial charge on any atom is 0.244 e. The lowest BCUT2D eigenvalue weighted by atomic mass is 10.0. The highest BCUT2D eigenvalue weighted by Gasteiger charge is 2.35. The number of hydrogen-bond donors (Lipinski definition) is 1. The van der Waals surface area contributed by atoms with E-state index in [0.717, 1.165) is 19.5 Å². The molecule has 0 spiro atoms. The molecule has 2 aliphatic heterocycles. The fraction of sp³-hybridized carbons (Fsp3) is 0.643. The average Bonchev–Trinajstić information content (AvgIpc) is 2.54. The largest absolute Gasteiger partial charge is 0.325 e. The molecule has 1 aromatic rings. The summed E-state index contributed by atoms with van der Waals surface area (Å²) in [4.78, 5) is 6.79. The summed E-state index contributed by atoms with van der Waals surface area (Å²) in [5, 5.41) is 0. The molecule has 3 rings (SSSR count). The van der Waals surface area contributed by atoms with Gasteiger partial charge < -0.3 is 5.73 Å². The van der Waals surface area contributed by atoms with E-state index < -0.39 is 10.0 Å². The number of fused-ring (bicyclic) bond motifs is 1. The Kier molecular flexibility index (Phi) is 4.26. The van der Waals surface area contributed by atoms with Gasteiger partial charge in [-0.2, -0.15) is 4.31 Å². The van der Waals surface area contributed by atoms with Crippen molar-refractivity contribution in [2.45, 2.75) is 36.7 Å². The molecule has 2 saturated heterocycles. The molecule has 21 heavy (non-hydrogen) atoms. The van der Waals surface area contributed by atoms with Gasteiger partial charge in [0.15, 0.2) is 0 Å². The summed E-state index contributed by atoms with van der Waals surface area (Å²) in [6, 6.07) is 3.67. The van der Waals surface area contributed by atoms with E-state index in [-0.39, 0.29) is 4.90 Å². The Bertz CT molecular complexity index is 587. The second-order valence-electron chi connectivity index (χ2n) is 5.74. The highest BCUT2D eigenvalue weighted by atomic mass is 32.2. The summed E-state index contributed by atoms with van der Waals surface area (Å²) >= 11 is 0. The minimum Gasteiger partial charge on any atom is -0.325 e. The Labute approximate surface area is 126 Å². The van der Waals surface area contributed by atoms with E-state index in [1.807, 2.05) is 0 Å². The van der Waals surface area contributed by atoms with Gasteiger partial charge in [-0.3, -0.25) is 9.88 Å². The molecule has 1 aromatic heterocycles. The van der Waals surface area contributed by atoms with Crippen LogP contribution in [0.5, 0.6) is 0 Å². The molecule has 0 saturated carbocycles. The fourth-order valence-electron chi connectivity index (χ4n) is 3.18. The van der Waals surface area contributed by atoms with Crippen LogP contribution in [-0.2, 0) is 16.6 Å². The second-order valence-corrected chi connectivity index (χ2v) is 7.68. The third-order valence-electron chi connectivity index (χ3n) is 4.44. The molecular formula is C14H22N4O2S. The minimum atomic E-state index is -3.43. The van der Waals surface area contributed by atoms with Gasteiger partial charge in [0.1, 0.15) is 4.90 Å². The van der Waals surface area contributed by atoms with Crippen molar-refractivity contribution in [3.8, 4) is 0 Å². The Hall–Kier alpha value is -1.02. The lowest BCUT2D eigenvalue weighted by Gasteiger charge is -2.43. The molecule has 0 aromatic carbocycles. The van der Waals surface area contributed by atoms with Crippen LogP contribution in [0.15, 0.2) is 23.2 Å². The topological polar surface area (TPSA) is 79.5 Å². The number of hydrogen-bond acceptors (Lipinski definition) is 5. The minimum absolute atomic E-state index is 0.268. The first kappa shape index (κ1) is 14.9. The van der Waals surface area contributed by atoms with Crippen molar-refractivity contribution in [3.63, 3.8) is 0 Å². The van der Waals surface area contributed by atoms with Gasteiger partial charge >= 0.3 is 0 Å². The SMILES string of the molecule is NCc1ccc(S(=O)(=O)N2CCN3CCCCC3C2)cn1. The van der Waals surface area contributed by atoms with Crippen LogP contribution in [0, 0.1) is 0 Å². The third kappa shape index (κ3) is 2.96. The maximum atomic E-state index is 12.7. The monoisotopic (exact) mass is 310 g/mol. The van der Waals surface area contributed by atoms with E-state index >= 15 is 0 Å². The third-order valence-corrected chi connectivity index (χ3v) is 6.29. The zero-order valence-corrected chi connectivity index (χ0v) is 12.9. The first-order chi connectivity index (χ1) is 10.1. The van der Waals surface area contributed by atoms with Crippen LogP contribution in [-0.4, -0.2) is 54.8 Å². The molecule has 116 valence electrons. The molecule has 3 heterocycles. The molecule has 1 atom stereocenters. The highest BCUT2D eigenvalue weighted by Crippen LogP contribution is 2.25. The maximum absolute atomic E-state index is 12.7. The summed E-state index contributed by atoms with van der Waals surface area (Å²) < 4.78 is 27.0. The number of piperidine rings is 1. The molecule has 0 bridgehead atoms. The Morgan fingerprint density at radius 2 is 2.10 bits per heavy atom. The summed E-state index contributed by atoms with van der Waals surface area (Å²) in [5.74, 6) is 0. The predicted octanol–water partition coefficient (Wildman–Crippen LogP) is 0.399. The molecule has 1 unspecified atom stereocenters. The molecule has 0 amide bonds. The van der Waals surface area contributed by atoms with Crippen LogP contribution in [0.1, 0.15) is 25.0 Å². The molecule has 2 aliphatic rings. The van der Waals surface area contributed by atoms with Crippen molar-refractivity contribution in [2.24, 2.45) is 5.73 Å². The highest BCUT2D eigenvalue weighted by molar-refractivity contribution is 7.89. The first-order valence-corrected chi connectivity index (χ1v) is 8.94. The number of rotatable bonds is 3.